The van der Waals surface area contributed by atoms with Gasteiger partial charge in [-0.3, -0.25) is 24.1 Å². The summed E-state index contributed by atoms with van der Waals surface area (Å²) in [7, 11) is 0. The summed E-state index contributed by atoms with van der Waals surface area (Å²) in [5.41, 5.74) is 1.99. The fourth-order valence-electron chi connectivity index (χ4n) is 4.77. The molecule has 0 saturated carbocycles. The Morgan fingerprint density at radius 2 is 1.77 bits per heavy atom. The van der Waals surface area contributed by atoms with Crippen LogP contribution in [0.2, 0.25) is 0 Å². The summed E-state index contributed by atoms with van der Waals surface area (Å²) in [4.78, 5) is 54.9. The van der Waals surface area contributed by atoms with Gasteiger partial charge in [0.1, 0.15) is 16.8 Å². The minimum absolute atomic E-state index is 0.230. The maximum Gasteiger partial charge on any atom is 0.262 e. The van der Waals surface area contributed by atoms with Crippen LogP contribution in [-0.2, 0) is 24.2 Å². The van der Waals surface area contributed by atoms with Gasteiger partial charge < -0.3 is 15.1 Å². The van der Waals surface area contributed by atoms with Gasteiger partial charge in [-0.15, -0.1) is 11.3 Å². The molecule has 9 heteroatoms. The average molecular weight is 492 g/mol. The molecule has 1 aliphatic heterocycles. The molecule has 1 atom stereocenters. The number of thiophene rings is 1. The van der Waals surface area contributed by atoms with Crippen molar-refractivity contribution >= 4 is 40.0 Å². The highest BCUT2D eigenvalue weighted by molar-refractivity contribution is 7.17. The Morgan fingerprint density at radius 3 is 2.40 bits per heavy atom. The fraction of sp³-hybridized carbons (Fsp3) is 0.308. The summed E-state index contributed by atoms with van der Waals surface area (Å²) in [6, 6.07) is 9.08. The minimum Gasteiger partial charge on any atom is -0.467 e. The van der Waals surface area contributed by atoms with E-state index in [0.29, 0.717) is 27.5 Å². The smallest absolute Gasteiger partial charge is 0.262 e. The van der Waals surface area contributed by atoms with E-state index >= 15 is 0 Å². The molecule has 2 aliphatic rings. The highest BCUT2D eigenvalue weighted by atomic mass is 32.1. The largest absolute Gasteiger partial charge is 0.467 e. The van der Waals surface area contributed by atoms with Crippen LogP contribution in [0.25, 0.3) is 0 Å². The van der Waals surface area contributed by atoms with E-state index in [-0.39, 0.29) is 18.4 Å². The molecule has 1 aromatic carbocycles. The van der Waals surface area contributed by atoms with Gasteiger partial charge in [-0.05, 0) is 55.0 Å². The van der Waals surface area contributed by atoms with Crippen molar-refractivity contribution in [1.82, 2.24) is 10.2 Å². The van der Waals surface area contributed by atoms with Crippen molar-refractivity contribution in [1.29, 1.82) is 0 Å². The number of furan rings is 1. The standard InChI is InChI=1S/C26H25N3O5S/c1-14(2)21(29-25(32)16-8-3-4-9-17(16)26(29)33)23(31)28-24-20(18-10-5-11-19(18)35-24)22(30)27-13-15-7-6-12-34-15/h3-4,6-9,12,14,21H,5,10-11,13H2,1-2H3,(H,27,30)(H,28,31). The van der Waals surface area contributed by atoms with Gasteiger partial charge in [-0.2, -0.15) is 0 Å². The molecule has 0 radical (unpaired) electrons. The van der Waals surface area contributed by atoms with Gasteiger partial charge in [-0.1, -0.05) is 26.0 Å². The lowest BCUT2D eigenvalue weighted by Gasteiger charge is -2.28. The summed E-state index contributed by atoms with van der Waals surface area (Å²) in [5, 5.41) is 6.20. The highest BCUT2D eigenvalue weighted by Crippen LogP contribution is 2.39. The van der Waals surface area contributed by atoms with Crippen molar-refractivity contribution in [2.24, 2.45) is 5.92 Å². The molecule has 180 valence electrons. The second-order valence-electron chi connectivity index (χ2n) is 9.03. The van der Waals surface area contributed by atoms with E-state index in [1.165, 1.54) is 11.3 Å². The third-order valence-electron chi connectivity index (χ3n) is 6.39. The van der Waals surface area contributed by atoms with Gasteiger partial charge in [0.25, 0.3) is 17.7 Å². The minimum atomic E-state index is -1.02. The SMILES string of the molecule is CC(C)C(C(=O)Nc1sc2c(c1C(=O)NCc1ccco1)CCC2)N1C(=O)c2ccccc2C1=O. The van der Waals surface area contributed by atoms with Gasteiger partial charge in [0.15, 0.2) is 0 Å². The Morgan fingerprint density at radius 1 is 1.06 bits per heavy atom. The number of carbonyl (C=O) groups is 4. The molecule has 4 amide bonds. The summed E-state index contributed by atoms with van der Waals surface area (Å²) >= 11 is 1.38. The van der Waals surface area contributed by atoms with E-state index in [2.05, 4.69) is 10.6 Å². The quantitative estimate of drug-likeness (QED) is 0.485. The number of nitrogens with zero attached hydrogens (tertiary/aromatic N) is 1. The second kappa shape index (κ2) is 9.14. The molecule has 35 heavy (non-hydrogen) atoms. The van der Waals surface area contributed by atoms with E-state index in [1.807, 2.05) is 0 Å². The van der Waals surface area contributed by atoms with Crippen LogP contribution in [0.1, 0.15) is 67.5 Å². The van der Waals surface area contributed by atoms with Crippen molar-refractivity contribution in [2.45, 2.75) is 45.7 Å². The van der Waals surface area contributed by atoms with Gasteiger partial charge in [0.2, 0.25) is 5.91 Å². The molecule has 0 fully saturated rings. The Kier molecular flexibility index (Phi) is 6.02. The van der Waals surface area contributed by atoms with Crippen LogP contribution in [0.15, 0.2) is 47.1 Å². The number of imide groups is 1. The van der Waals surface area contributed by atoms with Crippen LogP contribution in [0, 0.1) is 5.92 Å². The molecule has 3 heterocycles. The number of nitrogens with one attached hydrogen (secondary N) is 2. The number of aryl methyl sites for hydroxylation is 1. The normalized spacial score (nSPS) is 15.3. The first kappa shape index (κ1) is 23.0. The van der Waals surface area contributed by atoms with Crippen LogP contribution in [0.3, 0.4) is 0 Å². The zero-order chi connectivity index (χ0) is 24.7. The third kappa shape index (κ3) is 4.05. The van der Waals surface area contributed by atoms with E-state index in [1.54, 1.807) is 56.5 Å². The third-order valence-corrected chi connectivity index (χ3v) is 7.60. The van der Waals surface area contributed by atoms with Crippen LogP contribution < -0.4 is 10.6 Å². The zero-order valence-electron chi connectivity index (χ0n) is 19.4. The predicted octanol–water partition coefficient (Wildman–Crippen LogP) is 4.02. The number of carbonyl (C=O) groups excluding carboxylic acids is 4. The molecule has 0 spiro atoms. The molecule has 8 nitrogen and oxygen atoms in total. The predicted molar refractivity (Wildman–Crippen MR) is 130 cm³/mol. The maximum absolute atomic E-state index is 13.5. The van der Waals surface area contributed by atoms with Crippen molar-refractivity contribution in [3.05, 3.63) is 75.6 Å². The van der Waals surface area contributed by atoms with Crippen LogP contribution >= 0.6 is 11.3 Å². The number of amides is 4. The fourth-order valence-corrected chi connectivity index (χ4v) is 6.06. The number of benzene rings is 1. The summed E-state index contributed by atoms with van der Waals surface area (Å²) < 4.78 is 5.30. The van der Waals surface area contributed by atoms with E-state index in [0.717, 1.165) is 34.6 Å². The summed E-state index contributed by atoms with van der Waals surface area (Å²) in [5.74, 6) is -1.46. The summed E-state index contributed by atoms with van der Waals surface area (Å²) in [6.07, 6.45) is 4.11. The van der Waals surface area contributed by atoms with Crippen molar-refractivity contribution in [3.63, 3.8) is 0 Å². The average Bonchev–Trinajstić information content (AvgIpc) is 3.60. The Balaban J connectivity index is 1.41. The molecule has 3 aromatic rings. The topological polar surface area (TPSA) is 109 Å². The lowest BCUT2D eigenvalue weighted by Crippen LogP contribution is -2.50. The molecule has 2 N–H and O–H groups in total. The molecule has 0 bridgehead atoms. The molecule has 1 unspecified atom stereocenters. The zero-order valence-corrected chi connectivity index (χ0v) is 20.2. The number of rotatable bonds is 7. The monoisotopic (exact) mass is 491 g/mol. The maximum atomic E-state index is 13.5. The Bertz CT molecular complexity index is 1290. The molecule has 2 aromatic heterocycles. The van der Waals surface area contributed by atoms with E-state index in [9.17, 15) is 19.2 Å². The van der Waals surface area contributed by atoms with E-state index < -0.39 is 23.8 Å². The van der Waals surface area contributed by atoms with Crippen LogP contribution in [0.4, 0.5) is 5.00 Å². The number of anilines is 1. The van der Waals surface area contributed by atoms with E-state index in [4.69, 9.17) is 4.42 Å². The first-order chi connectivity index (χ1) is 16.9. The highest BCUT2D eigenvalue weighted by Gasteiger charge is 2.44. The van der Waals surface area contributed by atoms with Crippen molar-refractivity contribution < 1.29 is 23.6 Å². The molecule has 5 rings (SSSR count). The van der Waals surface area contributed by atoms with Crippen LogP contribution in [0.5, 0.6) is 0 Å². The first-order valence-electron chi connectivity index (χ1n) is 11.6. The first-order valence-corrected chi connectivity index (χ1v) is 12.4. The van der Waals surface area contributed by atoms with Crippen molar-refractivity contribution in [3.8, 4) is 0 Å². The number of hydrogen-bond donors (Lipinski definition) is 2. The van der Waals surface area contributed by atoms with Gasteiger partial charge >= 0.3 is 0 Å². The van der Waals surface area contributed by atoms with Crippen LogP contribution in [-0.4, -0.2) is 34.6 Å². The lowest BCUT2D eigenvalue weighted by molar-refractivity contribution is -0.121. The lowest BCUT2D eigenvalue weighted by atomic mass is 10.0. The number of hydrogen-bond acceptors (Lipinski definition) is 6. The Hall–Kier alpha value is -3.72. The summed E-state index contributed by atoms with van der Waals surface area (Å²) in [6.45, 7) is 3.81. The molecule has 0 saturated heterocycles. The van der Waals surface area contributed by atoms with Crippen molar-refractivity contribution in [2.75, 3.05) is 5.32 Å². The second-order valence-corrected chi connectivity index (χ2v) is 10.1. The Labute approximate surface area is 206 Å². The molecular formula is C26H25N3O5S. The number of fused-ring (bicyclic) bond motifs is 2. The molecule has 1 aliphatic carbocycles. The van der Waals surface area contributed by atoms with Gasteiger partial charge in [-0.25, -0.2) is 0 Å². The molecular weight excluding hydrogens is 466 g/mol. The van der Waals surface area contributed by atoms with Gasteiger partial charge in [0.05, 0.1) is 29.5 Å². The van der Waals surface area contributed by atoms with Gasteiger partial charge in [0, 0.05) is 4.88 Å².